The van der Waals surface area contributed by atoms with Crippen molar-refractivity contribution in [3.63, 3.8) is 0 Å². The van der Waals surface area contributed by atoms with Crippen LogP contribution in [0.1, 0.15) is 0 Å². The third-order valence-corrected chi connectivity index (χ3v) is 3.64. The van der Waals surface area contributed by atoms with Gasteiger partial charge in [-0.3, -0.25) is 9.59 Å². The van der Waals surface area contributed by atoms with E-state index in [-0.39, 0.29) is 38.1 Å². The first-order valence-corrected chi connectivity index (χ1v) is 8.58. The number of ether oxygens (including phenoxy) is 2. The molecular formula is C18H18Cl2N2O4. The monoisotopic (exact) mass is 396 g/mol. The van der Waals surface area contributed by atoms with E-state index in [0.717, 1.165) is 0 Å². The van der Waals surface area contributed by atoms with Gasteiger partial charge in [0.05, 0.1) is 0 Å². The summed E-state index contributed by atoms with van der Waals surface area (Å²) in [4.78, 5) is 23.3. The van der Waals surface area contributed by atoms with Crippen LogP contribution in [0.2, 0.25) is 10.0 Å². The second kappa shape index (κ2) is 10.5. The molecular weight excluding hydrogens is 379 g/mol. The molecule has 0 saturated heterocycles. The van der Waals surface area contributed by atoms with Crippen molar-refractivity contribution in [1.29, 1.82) is 0 Å². The molecule has 0 aliphatic rings. The number of benzene rings is 2. The van der Waals surface area contributed by atoms with Crippen molar-refractivity contribution < 1.29 is 19.1 Å². The highest BCUT2D eigenvalue weighted by Gasteiger charge is 2.05. The van der Waals surface area contributed by atoms with Gasteiger partial charge in [-0.15, -0.1) is 0 Å². The number of nitrogens with one attached hydrogen (secondary N) is 2. The first-order chi connectivity index (χ1) is 12.5. The largest absolute Gasteiger partial charge is 0.484 e. The maximum atomic E-state index is 11.7. The molecule has 2 aromatic carbocycles. The lowest BCUT2D eigenvalue weighted by molar-refractivity contribution is -0.124. The van der Waals surface area contributed by atoms with E-state index >= 15 is 0 Å². The first-order valence-electron chi connectivity index (χ1n) is 7.83. The average molecular weight is 397 g/mol. The van der Waals surface area contributed by atoms with Crippen LogP contribution in [0.25, 0.3) is 0 Å². The second-order valence-corrected chi connectivity index (χ2v) is 6.06. The normalized spacial score (nSPS) is 10.1. The summed E-state index contributed by atoms with van der Waals surface area (Å²) < 4.78 is 10.6. The Hall–Kier alpha value is -2.44. The zero-order valence-corrected chi connectivity index (χ0v) is 15.3. The fraction of sp³-hybridized carbons (Fsp3) is 0.222. The molecule has 0 aromatic heterocycles. The number of carbonyl (C=O) groups excluding carboxylic acids is 2. The van der Waals surface area contributed by atoms with E-state index in [2.05, 4.69) is 10.6 Å². The Bertz CT molecular complexity index is 657. The summed E-state index contributed by atoms with van der Waals surface area (Å²) in [5, 5.41) is 6.47. The van der Waals surface area contributed by atoms with E-state index in [9.17, 15) is 9.59 Å². The highest BCUT2D eigenvalue weighted by molar-refractivity contribution is 6.30. The van der Waals surface area contributed by atoms with Crippen molar-refractivity contribution in [1.82, 2.24) is 10.6 Å². The molecule has 0 bridgehead atoms. The number of hydrogen-bond acceptors (Lipinski definition) is 4. The Labute approximate surface area is 161 Å². The molecule has 2 amide bonds. The maximum absolute atomic E-state index is 11.7. The molecule has 26 heavy (non-hydrogen) atoms. The second-order valence-electron chi connectivity index (χ2n) is 5.19. The summed E-state index contributed by atoms with van der Waals surface area (Å²) >= 11 is 11.5. The summed E-state index contributed by atoms with van der Waals surface area (Å²) in [6.45, 7) is 0.343. The van der Waals surface area contributed by atoms with Crippen molar-refractivity contribution in [2.24, 2.45) is 0 Å². The Balaban J connectivity index is 1.54. The zero-order chi connectivity index (χ0) is 18.8. The Morgan fingerprint density at radius 2 is 1.04 bits per heavy atom. The lowest BCUT2D eigenvalue weighted by atomic mass is 10.3. The molecule has 0 aliphatic heterocycles. The lowest BCUT2D eigenvalue weighted by Gasteiger charge is -2.09. The van der Waals surface area contributed by atoms with E-state index < -0.39 is 0 Å². The predicted molar refractivity (Wildman–Crippen MR) is 99.9 cm³/mol. The minimum absolute atomic E-state index is 0.116. The smallest absolute Gasteiger partial charge is 0.258 e. The van der Waals surface area contributed by atoms with Crippen LogP contribution >= 0.6 is 23.2 Å². The van der Waals surface area contributed by atoms with Gasteiger partial charge < -0.3 is 20.1 Å². The standard InChI is InChI=1S/C18H18Cl2N2O4/c19-13-1-5-15(6-2-13)25-11-17(23)21-9-10-22-18(24)12-26-16-7-3-14(20)4-8-16/h1-8H,9-12H2,(H,21,23)(H,22,24). The maximum Gasteiger partial charge on any atom is 0.258 e. The van der Waals surface area contributed by atoms with E-state index in [1.54, 1.807) is 48.5 Å². The number of rotatable bonds is 9. The van der Waals surface area contributed by atoms with Crippen LogP contribution in [-0.4, -0.2) is 38.1 Å². The highest BCUT2D eigenvalue weighted by atomic mass is 35.5. The van der Waals surface area contributed by atoms with Crippen molar-refractivity contribution in [2.75, 3.05) is 26.3 Å². The van der Waals surface area contributed by atoms with Crippen LogP contribution in [0.15, 0.2) is 48.5 Å². The van der Waals surface area contributed by atoms with Gasteiger partial charge in [-0.25, -0.2) is 0 Å². The predicted octanol–water partition coefficient (Wildman–Crippen LogP) is 2.68. The van der Waals surface area contributed by atoms with E-state index in [4.69, 9.17) is 32.7 Å². The van der Waals surface area contributed by atoms with Crippen LogP contribution in [0, 0.1) is 0 Å². The molecule has 0 heterocycles. The summed E-state index contributed by atoms with van der Waals surface area (Å²) in [5.74, 6) is 0.535. The van der Waals surface area contributed by atoms with Gasteiger partial charge in [-0.1, -0.05) is 23.2 Å². The Morgan fingerprint density at radius 3 is 1.38 bits per heavy atom. The molecule has 6 nitrogen and oxygen atoms in total. The van der Waals surface area contributed by atoms with Crippen molar-refractivity contribution in [2.45, 2.75) is 0 Å². The van der Waals surface area contributed by atoms with Gasteiger partial charge in [0.2, 0.25) is 0 Å². The molecule has 2 N–H and O–H groups in total. The first kappa shape index (κ1) is 19.9. The summed E-state index contributed by atoms with van der Waals surface area (Å²) in [6.07, 6.45) is 0. The molecule has 8 heteroatoms. The summed E-state index contributed by atoms with van der Waals surface area (Å²) in [7, 11) is 0. The molecule has 2 aromatic rings. The topological polar surface area (TPSA) is 76.7 Å². The molecule has 0 radical (unpaired) electrons. The number of amides is 2. The van der Waals surface area contributed by atoms with E-state index in [1.165, 1.54) is 0 Å². The van der Waals surface area contributed by atoms with Gasteiger partial charge in [-0.05, 0) is 48.5 Å². The number of halogens is 2. The molecule has 138 valence electrons. The van der Waals surface area contributed by atoms with Crippen LogP contribution in [0.3, 0.4) is 0 Å². The van der Waals surface area contributed by atoms with Gasteiger partial charge >= 0.3 is 0 Å². The summed E-state index contributed by atoms with van der Waals surface area (Å²) in [5.41, 5.74) is 0. The molecule has 0 unspecified atom stereocenters. The van der Waals surface area contributed by atoms with Gasteiger partial charge in [-0.2, -0.15) is 0 Å². The van der Waals surface area contributed by atoms with Crippen molar-refractivity contribution in [3.05, 3.63) is 58.6 Å². The Morgan fingerprint density at radius 1 is 0.692 bits per heavy atom. The van der Waals surface area contributed by atoms with Crippen LogP contribution in [-0.2, 0) is 9.59 Å². The van der Waals surface area contributed by atoms with Gasteiger partial charge in [0.15, 0.2) is 13.2 Å². The fourth-order valence-electron chi connectivity index (χ4n) is 1.87. The molecule has 0 aliphatic carbocycles. The Kier molecular flexibility index (Phi) is 8.05. The van der Waals surface area contributed by atoms with Crippen LogP contribution in [0.5, 0.6) is 11.5 Å². The van der Waals surface area contributed by atoms with Gasteiger partial charge in [0.25, 0.3) is 11.8 Å². The van der Waals surface area contributed by atoms with Crippen LogP contribution < -0.4 is 20.1 Å². The average Bonchev–Trinajstić information content (AvgIpc) is 2.64. The SMILES string of the molecule is O=C(COc1ccc(Cl)cc1)NCCNC(=O)COc1ccc(Cl)cc1. The molecule has 0 atom stereocenters. The fourth-order valence-corrected chi connectivity index (χ4v) is 2.12. The molecule has 2 rings (SSSR count). The van der Waals surface area contributed by atoms with E-state index in [1.807, 2.05) is 0 Å². The molecule has 0 fully saturated rings. The van der Waals surface area contributed by atoms with Crippen molar-refractivity contribution in [3.8, 4) is 11.5 Å². The van der Waals surface area contributed by atoms with Crippen LogP contribution in [0.4, 0.5) is 0 Å². The number of carbonyl (C=O) groups is 2. The van der Waals surface area contributed by atoms with Gasteiger partial charge in [0, 0.05) is 23.1 Å². The number of hydrogen-bond donors (Lipinski definition) is 2. The molecule has 0 spiro atoms. The van der Waals surface area contributed by atoms with Gasteiger partial charge in [0.1, 0.15) is 11.5 Å². The van der Waals surface area contributed by atoms with E-state index in [0.29, 0.717) is 21.5 Å². The summed E-state index contributed by atoms with van der Waals surface area (Å²) in [6, 6.07) is 13.4. The third kappa shape index (κ3) is 7.63. The zero-order valence-electron chi connectivity index (χ0n) is 13.8. The minimum Gasteiger partial charge on any atom is -0.484 e. The molecule has 0 saturated carbocycles. The lowest BCUT2D eigenvalue weighted by Crippen LogP contribution is -2.38. The third-order valence-electron chi connectivity index (χ3n) is 3.14. The highest BCUT2D eigenvalue weighted by Crippen LogP contribution is 2.15. The quantitative estimate of drug-likeness (QED) is 0.638. The van der Waals surface area contributed by atoms with Crippen molar-refractivity contribution >= 4 is 35.0 Å². The minimum atomic E-state index is -0.286.